The SMILES string of the molecule is CC(=O)OC1(CNCc2ccccc2)CCCCC1. The van der Waals surface area contributed by atoms with Gasteiger partial charge in [0.2, 0.25) is 0 Å². The number of rotatable bonds is 5. The molecule has 0 aromatic heterocycles. The standard InChI is InChI=1S/C16H23NO2/c1-14(18)19-16(10-6-3-7-11-16)13-17-12-15-8-4-2-5-9-15/h2,4-5,8-9,17H,3,6-7,10-13H2,1H3. The molecule has 0 amide bonds. The van der Waals surface area contributed by atoms with Gasteiger partial charge in [0.25, 0.3) is 0 Å². The van der Waals surface area contributed by atoms with Gasteiger partial charge in [-0.15, -0.1) is 0 Å². The van der Waals surface area contributed by atoms with E-state index in [9.17, 15) is 4.79 Å². The van der Waals surface area contributed by atoms with E-state index in [0.29, 0.717) is 0 Å². The Hall–Kier alpha value is -1.35. The largest absolute Gasteiger partial charge is 0.458 e. The summed E-state index contributed by atoms with van der Waals surface area (Å²) in [5, 5.41) is 3.44. The van der Waals surface area contributed by atoms with Gasteiger partial charge in [0.1, 0.15) is 5.60 Å². The number of esters is 1. The molecule has 0 bridgehead atoms. The minimum atomic E-state index is -0.279. The molecule has 104 valence electrons. The van der Waals surface area contributed by atoms with Gasteiger partial charge in [-0.2, -0.15) is 0 Å². The van der Waals surface area contributed by atoms with Crippen molar-refractivity contribution in [3.8, 4) is 0 Å². The fourth-order valence-corrected chi connectivity index (χ4v) is 2.85. The zero-order valence-electron chi connectivity index (χ0n) is 11.7. The Bertz CT molecular complexity index is 396. The average molecular weight is 261 g/mol. The molecule has 1 aliphatic rings. The van der Waals surface area contributed by atoms with Gasteiger partial charge >= 0.3 is 5.97 Å². The summed E-state index contributed by atoms with van der Waals surface area (Å²) < 4.78 is 5.62. The maximum Gasteiger partial charge on any atom is 0.303 e. The van der Waals surface area contributed by atoms with Crippen LogP contribution in [0, 0.1) is 0 Å². The zero-order chi connectivity index (χ0) is 13.6. The van der Waals surface area contributed by atoms with E-state index in [-0.39, 0.29) is 11.6 Å². The Labute approximate surface area is 115 Å². The first-order valence-corrected chi connectivity index (χ1v) is 7.14. The second-order valence-corrected chi connectivity index (χ2v) is 5.43. The number of carbonyl (C=O) groups excluding carboxylic acids is 1. The molecule has 0 heterocycles. The van der Waals surface area contributed by atoms with Crippen LogP contribution < -0.4 is 5.32 Å². The van der Waals surface area contributed by atoms with E-state index >= 15 is 0 Å². The van der Waals surface area contributed by atoms with Crippen molar-refractivity contribution in [2.75, 3.05) is 6.54 Å². The molecule has 0 spiro atoms. The molecule has 0 unspecified atom stereocenters. The lowest BCUT2D eigenvalue weighted by Gasteiger charge is -2.36. The average Bonchev–Trinajstić information content (AvgIpc) is 2.40. The summed E-state index contributed by atoms with van der Waals surface area (Å²) in [6, 6.07) is 10.3. The Kier molecular flexibility index (Phi) is 4.97. The van der Waals surface area contributed by atoms with Gasteiger partial charge in [-0.25, -0.2) is 0 Å². The highest BCUT2D eigenvalue weighted by atomic mass is 16.6. The molecule has 3 nitrogen and oxygen atoms in total. The van der Waals surface area contributed by atoms with Crippen molar-refractivity contribution in [3.05, 3.63) is 35.9 Å². The van der Waals surface area contributed by atoms with E-state index in [4.69, 9.17) is 4.74 Å². The Morgan fingerprint density at radius 2 is 1.89 bits per heavy atom. The first-order valence-electron chi connectivity index (χ1n) is 7.14. The molecule has 1 aliphatic carbocycles. The minimum absolute atomic E-state index is 0.164. The van der Waals surface area contributed by atoms with E-state index in [1.807, 2.05) is 18.2 Å². The Morgan fingerprint density at radius 3 is 2.53 bits per heavy atom. The second kappa shape index (κ2) is 6.71. The van der Waals surface area contributed by atoms with Crippen LogP contribution >= 0.6 is 0 Å². The van der Waals surface area contributed by atoms with Crippen LogP contribution in [0.4, 0.5) is 0 Å². The van der Waals surface area contributed by atoms with Gasteiger partial charge in [0.05, 0.1) is 0 Å². The fourth-order valence-electron chi connectivity index (χ4n) is 2.85. The van der Waals surface area contributed by atoms with Gasteiger partial charge in [-0.05, 0) is 31.2 Å². The van der Waals surface area contributed by atoms with Crippen LogP contribution in [0.25, 0.3) is 0 Å². The molecular weight excluding hydrogens is 238 g/mol. The summed E-state index contributed by atoms with van der Waals surface area (Å²) in [6.45, 7) is 3.08. The smallest absolute Gasteiger partial charge is 0.303 e. The predicted molar refractivity (Wildman–Crippen MR) is 75.7 cm³/mol. The first-order chi connectivity index (χ1) is 9.20. The summed E-state index contributed by atoms with van der Waals surface area (Å²) in [5.74, 6) is -0.164. The summed E-state index contributed by atoms with van der Waals surface area (Å²) in [5.41, 5.74) is 0.982. The minimum Gasteiger partial charge on any atom is -0.458 e. The summed E-state index contributed by atoms with van der Waals surface area (Å²) in [6.07, 6.45) is 5.52. The molecule has 0 aliphatic heterocycles. The van der Waals surface area contributed by atoms with Crippen molar-refractivity contribution in [1.29, 1.82) is 0 Å². The van der Waals surface area contributed by atoms with Crippen LogP contribution in [-0.4, -0.2) is 18.1 Å². The molecule has 1 N–H and O–H groups in total. The third-order valence-corrected chi connectivity index (χ3v) is 3.74. The number of benzene rings is 1. The second-order valence-electron chi connectivity index (χ2n) is 5.43. The van der Waals surface area contributed by atoms with E-state index in [2.05, 4.69) is 17.4 Å². The number of hydrogen-bond acceptors (Lipinski definition) is 3. The highest BCUT2D eigenvalue weighted by molar-refractivity contribution is 5.66. The van der Waals surface area contributed by atoms with Gasteiger partial charge in [-0.1, -0.05) is 36.8 Å². The van der Waals surface area contributed by atoms with Gasteiger partial charge in [0.15, 0.2) is 0 Å². The number of carbonyl (C=O) groups is 1. The van der Waals surface area contributed by atoms with Crippen molar-refractivity contribution >= 4 is 5.97 Å². The molecule has 1 aromatic rings. The highest BCUT2D eigenvalue weighted by Crippen LogP contribution is 2.31. The fraction of sp³-hybridized carbons (Fsp3) is 0.562. The van der Waals surface area contributed by atoms with Crippen LogP contribution in [0.2, 0.25) is 0 Å². The highest BCUT2D eigenvalue weighted by Gasteiger charge is 2.34. The molecule has 0 saturated heterocycles. The van der Waals surface area contributed by atoms with E-state index in [0.717, 1.165) is 38.8 Å². The topological polar surface area (TPSA) is 38.3 Å². The molecule has 1 saturated carbocycles. The summed E-state index contributed by atoms with van der Waals surface area (Å²) in [4.78, 5) is 11.3. The third kappa shape index (κ3) is 4.35. The molecule has 19 heavy (non-hydrogen) atoms. The maximum atomic E-state index is 11.3. The summed E-state index contributed by atoms with van der Waals surface area (Å²) >= 11 is 0. The van der Waals surface area contributed by atoms with Gasteiger partial charge in [0, 0.05) is 20.0 Å². The quantitative estimate of drug-likeness (QED) is 0.828. The van der Waals surface area contributed by atoms with Crippen molar-refractivity contribution < 1.29 is 9.53 Å². The molecule has 0 atom stereocenters. The molecular formula is C16H23NO2. The normalized spacial score (nSPS) is 17.9. The number of hydrogen-bond donors (Lipinski definition) is 1. The van der Waals surface area contributed by atoms with Crippen LogP contribution in [-0.2, 0) is 16.1 Å². The van der Waals surface area contributed by atoms with Crippen molar-refractivity contribution in [2.45, 2.75) is 51.2 Å². The zero-order valence-corrected chi connectivity index (χ0v) is 11.7. The lowest BCUT2D eigenvalue weighted by molar-refractivity contribution is -0.160. The first kappa shape index (κ1) is 14.1. The van der Waals surface area contributed by atoms with E-state index < -0.39 is 0 Å². The van der Waals surface area contributed by atoms with Crippen molar-refractivity contribution in [2.24, 2.45) is 0 Å². The van der Waals surface area contributed by atoms with Crippen molar-refractivity contribution in [1.82, 2.24) is 5.32 Å². The Balaban J connectivity index is 1.87. The van der Waals surface area contributed by atoms with Crippen LogP contribution in [0.5, 0.6) is 0 Å². The Morgan fingerprint density at radius 1 is 1.21 bits per heavy atom. The van der Waals surface area contributed by atoms with Crippen molar-refractivity contribution in [3.63, 3.8) is 0 Å². The van der Waals surface area contributed by atoms with Gasteiger partial charge in [-0.3, -0.25) is 4.79 Å². The number of nitrogens with one attached hydrogen (secondary N) is 1. The summed E-state index contributed by atoms with van der Waals surface area (Å²) in [7, 11) is 0. The van der Waals surface area contributed by atoms with Crippen LogP contribution in [0.1, 0.15) is 44.6 Å². The third-order valence-electron chi connectivity index (χ3n) is 3.74. The lowest BCUT2D eigenvalue weighted by Crippen LogP contribution is -2.45. The number of ether oxygens (including phenoxy) is 1. The monoisotopic (exact) mass is 261 g/mol. The molecule has 3 heteroatoms. The predicted octanol–water partition coefficient (Wildman–Crippen LogP) is 3.04. The lowest BCUT2D eigenvalue weighted by atomic mass is 9.84. The molecule has 2 rings (SSSR count). The molecule has 1 aromatic carbocycles. The van der Waals surface area contributed by atoms with E-state index in [1.165, 1.54) is 18.9 Å². The van der Waals surface area contributed by atoms with E-state index in [1.54, 1.807) is 0 Å². The maximum absolute atomic E-state index is 11.3. The van der Waals surface area contributed by atoms with Crippen LogP contribution in [0.15, 0.2) is 30.3 Å². The molecule has 0 radical (unpaired) electrons. The van der Waals surface area contributed by atoms with Gasteiger partial charge < -0.3 is 10.1 Å². The molecule has 1 fully saturated rings. The van der Waals surface area contributed by atoms with Crippen LogP contribution in [0.3, 0.4) is 0 Å².